The van der Waals surface area contributed by atoms with Gasteiger partial charge < -0.3 is 15.4 Å². The van der Waals surface area contributed by atoms with Crippen molar-refractivity contribution in [3.05, 3.63) is 29.8 Å². The lowest BCUT2D eigenvalue weighted by Crippen LogP contribution is -2.43. The molecule has 0 atom stereocenters. The molecule has 3 rings (SSSR count). The summed E-state index contributed by atoms with van der Waals surface area (Å²) < 4.78 is 5.27. The number of ether oxygens (including phenoxy) is 1. The van der Waals surface area contributed by atoms with Crippen LogP contribution < -0.4 is 15.4 Å². The first-order valence-electron chi connectivity index (χ1n) is 7.91. The highest BCUT2D eigenvalue weighted by Gasteiger charge is 2.31. The molecule has 0 aliphatic heterocycles. The van der Waals surface area contributed by atoms with Crippen molar-refractivity contribution in [2.24, 2.45) is 5.92 Å². The third-order valence-corrected chi connectivity index (χ3v) is 4.51. The van der Waals surface area contributed by atoms with Gasteiger partial charge in [0.05, 0.1) is 7.11 Å². The summed E-state index contributed by atoms with van der Waals surface area (Å²) in [6.45, 7) is 1.61. The Hall–Kier alpha value is -1.55. The van der Waals surface area contributed by atoms with E-state index < -0.39 is 0 Å². The monoisotopic (exact) mass is 288 g/mol. The van der Waals surface area contributed by atoms with E-state index in [9.17, 15) is 4.79 Å². The number of rotatable bonds is 7. The van der Waals surface area contributed by atoms with Gasteiger partial charge >= 0.3 is 0 Å². The number of methoxy groups -OCH3 is 1. The normalized spacial score (nSPS) is 24.2. The van der Waals surface area contributed by atoms with Crippen molar-refractivity contribution in [3.8, 4) is 5.75 Å². The topological polar surface area (TPSA) is 50.4 Å². The number of hydrogen-bond donors (Lipinski definition) is 2. The van der Waals surface area contributed by atoms with E-state index in [4.69, 9.17) is 4.74 Å². The van der Waals surface area contributed by atoms with Gasteiger partial charge in [-0.15, -0.1) is 0 Å². The molecule has 2 aliphatic carbocycles. The Morgan fingerprint density at radius 3 is 2.81 bits per heavy atom. The van der Waals surface area contributed by atoms with E-state index in [1.54, 1.807) is 7.11 Å². The van der Waals surface area contributed by atoms with Crippen molar-refractivity contribution < 1.29 is 9.53 Å². The molecule has 0 radical (unpaired) electrons. The first-order valence-corrected chi connectivity index (χ1v) is 7.91. The van der Waals surface area contributed by atoms with Crippen molar-refractivity contribution in [2.75, 3.05) is 20.2 Å². The lowest BCUT2D eigenvalue weighted by molar-refractivity contribution is -0.122. The molecule has 21 heavy (non-hydrogen) atoms. The molecule has 1 amide bonds. The molecule has 4 heteroatoms. The van der Waals surface area contributed by atoms with Gasteiger partial charge in [0, 0.05) is 25.0 Å². The Bertz CT molecular complexity index is 493. The third-order valence-electron chi connectivity index (χ3n) is 4.51. The minimum Gasteiger partial charge on any atom is -0.497 e. The summed E-state index contributed by atoms with van der Waals surface area (Å²) in [7, 11) is 1.71. The molecule has 4 nitrogen and oxygen atoms in total. The molecule has 1 aromatic rings. The highest BCUT2D eigenvalue weighted by Crippen LogP contribution is 2.37. The second kappa shape index (κ2) is 6.48. The molecule has 0 bridgehead atoms. The number of benzene rings is 1. The smallest absolute Gasteiger partial charge is 0.223 e. The lowest BCUT2D eigenvalue weighted by atomic mass is 9.76. The van der Waals surface area contributed by atoms with Crippen LogP contribution in [0.1, 0.15) is 37.2 Å². The molecule has 2 N–H and O–H groups in total. The van der Waals surface area contributed by atoms with Gasteiger partial charge in [-0.05, 0) is 49.3 Å². The zero-order chi connectivity index (χ0) is 14.7. The fourth-order valence-electron chi connectivity index (χ4n) is 2.90. The standard InChI is InChI=1S/C17H24N2O2/c1-21-16-4-2-3-13(11-16)14-9-15(10-14)18-7-8-19-17(20)12-5-6-12/h2-4,11-12,14-15,18H,5-10H2,1H3,(H,19,20). The number of amides is 1. The van der Waals surface area contributed by atoms with Crippen LogP contribution in [0, 0.1) is 5.92 Å². The zero-order valence-electron chi connectivity index (χ0n) is 12.6. The van der Waals surface area contributed by atoms with Crippen LogP contribution in [0.3, 0.4) is 0 Å². The maximum Gasteiger partial charge on any atom is 0.223 e. The van der Waals surface area contributed by atoms with Crippen LogP contribution in [-0.2, 0) is 4.79 Å². The van der Waals surface area contributed by atoms with E-state index >= 15 is 0 Å². The first kappa shape index (κ1) is 14.4. The molecular formula is C17H24N2O2. The van der Waals surface area contributed by atoms with Crippen molar-refractivity contribution in [2.45, 2.75) is 37.6 Å². The second-order valence-corrected chi connectivity index (χ2v) is 6.16. The third kappa shape index (κ3) is 3.76. The summed E-state index contributed by atoms with van der Waals surface area (Å²) in [5.41, 5.74) is 1.37. The van der Waals surface area contributed by atoms with E-state index in [2.05, 4.69) is 28.8 Å². The van der Waals surface area contributed by atoms with E-state index in [1.165, 1.54) is 18.4 Å². The molecule has 0 saturated heterocycles. The largest absolute Gasteiger partial charge is 0.497 e. The van der Waals surface area contributed by atoms with Crippen LogP contribution in [-0.4, -0.2) is 32.1 Å². The number of carbonyl (C=O) groups excluding carboxylic acids is 1. The van der Waals surface area contributed by atoms with Gasteiger partial charge in [-0.2, -0.15) is 0 Å². The molecule has 1 aromatic carbocycles. The maximum atomic E-state index is 11.5. The summed E-state index contributed by atoms with van der Waals surface area (Å²) in [5, 5.41) is 6.50. The highest BCUT2D eigenvalue weighted by atomic mass is 16.5. The molecule has 0 aromatic heterocycles. The first-order chi connectivity index (χ1) is 10.3. The molecule has 0 heterocycles. The fraction of sp³-hybridized carbons (Fsp3) is 0.588. The van der Waals surface area contributed by atoms with Crippen LogP contribution in [0.5, 0.6) is 5.75 Å². The maximum absolute atomic E-state index is 11.5. The molecule has 2 aliphatic rings. The second-order valence-electron chi connectivity index (χ2n) is 6.16. The van der Waals surface area contributed by atoms with Crippen molar-refractivity contribution in [1.82, 2.24) is 10.6 Å². The Labute approximate surface area is 126 Å². The average molecular weight is 288 g/mol. The van der Waals surface area contributed by atoms with Gasteiger partial charge in [-0.25, -0.2) is 0 Å². The molecule has 2 fully saturated rings. The Morgan fingerprint density at radius 2 is 2.10 bits per heavy atom. The fourth-order valence-corrected chi connectivity index (χ4v) is 2.90. The highest BCUT2D eigenvalue weighted by molar-refractivity contribution is 5.80. The van der Waals surface area contributed by atoms with Crippen molar-refractivity contribution in [3.63, 3.8) is 0 Å². The average Bonchev–Trinajstić information content (AvgIpc) is 3.29. The summed E-state index contributed by atoms with van der Waals surface area (Å²) in [4.78, 5) is 11.5. The minimum atomic E-state index is 0.236. The van der Waals surface area contributed by atoms with E-state index in [1.807, 2.05) is 6.07 Å². The van der Waals surface area contributed by atoms with Crippen molar-refractivity contribution in [1.29, 1.82) is 0 Å². The van der Waals surface area contributed by atoms with Gasteiger partial charge in [0.2, 0.25) is 5.91 Å². The van der Waals surface area contributed by atoms with Crippen LogP contribution in [0.4, 0.5) is 0 Å². The van der Waals surface area contributed by atoms with Crippen LogP contribution >= 0.6 is 0 Å². The van der Waals surface area contributed by atoms with E-state index in [0.717, 1.165) is 31.7 Å². The lowest BCUT2D eigenvalue weighted by Gasteiger charge is -2.36. The Balaban J connectivity index is 1.32. The predicted molar refractivity (Wildman–Crippen MR) is 82.5 cm³/mol. The van der Waals surface area contributed by atoms with E-state index in [-0.39, 0.29) is 5.91 Å². The van der Waals surface area contributed by atoms with Crippen molar-refractivity contribution >= 4 is 5.91 Å². The number of nitrogens with one attached hydrogen (secondary N) is 2. The Morgan fingerprint density at radius 1 is 1.29 bits per heavy atom. The van der Waals surface area contributed by atoms with Crippen LogP contribution in [0.15, 0.2) is 24.3 Å². The minimum absolute atomic E-state index is 0.236. The van der Waals surface area contributed by atoms with E-state index in [0.29, 0.717) is 17.9 Å². The zero-order valence-corrected chi connectivity index (χ0v) is 12.6. The molecule has 0 spiro atoms. The van der Waals surface area contributed by atoms with Gasteiger partial charge in [0.15, 0.2) is 0 Å². The summed E-state index contributed by atoms with van der Waals surface area (Å²) in [6.07, 6.45) is 4.49. The molecule has 2 saturated carbocycles. The molecule has 114 valence electrons. The van der Waals surface area contributed by atoms with Crippen LogP contribution in [0.2, 0.25) is 0 Å². The summed E-state index contributed by atoms with van der Waals surface area (Å²) >= 11 is 0. The quantitative estimate of drug-likeness (QED) is 0.755. The molecule has 0 unspecified atom stereocenters. The molecular weight excluding hydrogens is 264 g/mol. The van der Waals surface area contributed by atoms with Gasteiger partial charge in [0.25, 0.3) is 0 Å². The summed E-state index contributed by atoms with van der Waals surface area (Å²) in [6, 6.07) is 8.94. The predicted octanol–water partition coefficient (Wildman–Crippen LogP) is 2.06. The van der Waals surface area contributed by atoms with Gasteiger partial charge in [-0.1, -0.05) is 12.1 Å². The van der Waals surface area contributed by atoms with Gasteiger partial charge in [-0.3, -0.25) is 4.79 Å². The Kier molecular flexibility index (Phi) is 4.44. The van der Waals surface area contributed by atoms with Crippen LogP contribution in [0.25, 0.3) is 0 Å². The summed E-state index contributed by atoms with van der Waals surface area (Å²) in [5.74, 6) is 2.12. The number of hydrogen-bond acceptors (Lipinski definition) is 3. The SMILES string of the molecule is COc1cccc(C2CC(NCCNC(=O)C3CC3)C2)c1. The number of carbonyl (C=O) groups is 1. The van der Waals surface area contributed by atoms with Gasteiger partial charge in [0.1, 0.15) is 5.75 Å².